The van der Waals surface area contributed by atoms with Crippen molar-refractivity contribution in [1.29, 1.82) is 0 Å². The highest BCUT2D eigenvalue weighted by atomic mass is 31.2. The highest BCUT2D eigenvalue weighted by molar-refractivity contribution is 7.47. The molecule has 0 heterocycles. The Bertz CT molecular complexity index is 895. The van der Waals surface area contributed by atoms with Gasteiger partial charge in [0.15, 0.2) is 6.10 Å². The van der Waals surface area contributed by atoms with Gasteiger partial charge in [0.2, 0.25) is 0 Å². The molecule has 0 aliphatic heterocycles. The SMILES string of the molecule is CCCCCC/C=C\CCCCCCCC(=O)OC(COC(=O)CCCCCCCCCCCCCCCCCCCCCCC)COP(=O)(O)OCC. The molecule has 2 atom stereocenters. The number of esters is 2. The highest BCUT2D eigenvalue weighted by Gasteiger charge is 2.25. The molecule has 9 heteroatoms. The molecule has 0 amide bonds. The molecule has 320 valence electrons. The number of carbonyl (C=O) groups excluding carboxylic acids is 2. The van der Waals surface area contributed by atoms with Crippen molar-refractivity contribution in [2.45, 2.75) is 245 Å². The van der Waals surface area contributed by atoms with Crippen molar-refractivity contribution >= 4 is 19.8 Å². The van der Waals surface area contributed by atoms with Crippen molar-refractivity contribution in [3.05, 3.63) is 12.2 Å². The summed E-state index contributed by atoms with van der Waals surface area (Å²) in [7, 11) is -4.28. The lowest BCUT2D eigenvalue weighted by atomic mass is 10.0. The number of allylic oxidation sites excluding steroid dienone is 2. The molecule has 0 aromatic rings. The third-order valence-corrected chi connectivity index (χ3v) is 11.1. The van der Waals surface area contributed by atoms with Crippen LogP contribution < -0.4 is 0 Å². The summed E-state index contributed by atoms with van der Waals surface area (Å²) in [5.41, 5.74) is 0. The van der Waals surface area contributed by atoms with Crippen LogP contribution in [-0.2, 0) is 32.7 Å². The number of hydrogen-bond donors (Lipinski definition) is 1. The van der Waals surface area contributed by atoms with Gasteiger partial charge >= 0.3 is 19.8 Å². The van der Waals surface area contributed by atoms with E-state index >= 15 is 0 Å². The van der Waals surface area contributed by atoms with Crippen LogP contribution in [0.4, 0.5) is 0 Å². The van der Waals surface area contributed by atoms with Crippen molar-refractivity contribution in [1.82, 2.24) is 0 Å². The second-order valence-electron chi connectivity index (χ2n) is 15.4. The van der Waals surface area contributed by atoms with Crippen molar-refractivity contribution < 1.29 is 37.6 Å². The Balaban J connectivity index is 3.96. The first-order valence-electron chi connectivity index (χ1n) is 23.0. The third-order valence-electron chi connectivity index (χ3n) is 10.1. The van der Waals surface area contributed by atoms with Gasteiger partial charge < -0.3 is 14.4 Å². The maximum atomic E-state index is 12.5. The first-order valence-corrected chi connectivity index (χ1v) is 24.5. The Morgan fingerprint density at radius 1 is 0.481 bits per heavy atom. The van der Waals surface area contributed by atoms with Crippen molar-refractivity contribution in [2.24, 2.45) is 0 Å². The van der Waals surface area contributed by atoms with Crippen LogP contribution in [0.2, 0.25) is 0 Å². The van der Waals surface area contributed by atoms with Crippen molar-refractivity contribution in [3.63, 3.8) is 0 Å². The van der Waals surface area contributed by atoms with Gasteiger partial charge in [0.25, 0.3) is 0 Å². The Kier molecular flexibility index (Phi) is 40.5. The van der Waals surface area contributed by atoms with Gasteiger partial charge in [0, 0.05) is 12.8 Å². The predicted octanol–water partition coefficient (Wildman–Crippen LogP) is 14.5. The van der Waals surface area contributed by atoms with Crippen LogP contribution in [-0.4, -0.2) is 42.8 Å². The highest BCUT2D eigenvalue weighted by Crippen LogP contribution is 2.43. The molecule has 0 aromatic carbocycles. The van der Waals surface area contributed by atoms with Gasteiger partial charge in [0.05, 0.1) is 13.2 Å². The minimum absolute atomic E-state index is 0.00204. The molecule has 1 N–H and O–H groups in total. The van der Waals surface area contributed by atoms with E-state index in [4.69, 9.17) is 18.5 Å². The van der Waals surface area contributed by atoms with E-state index in [1.54, 1.807) is 6.92 Å². The number of phosphoric ester groups is 1. The smallest absolute Gasteiger partial charge is 0.462 e. The zero-order valence-corrected chi connectivity index (χ0v) is 36.5. The summed E-state index contributed by atoms with van der Waals surface area (Å²) in [6, 6.07) is 0. The van der Waals surface area contributed by atoms with E-state index in [-0.39, 0.29) is 25.6 Å². The molecular weight excluding hydrogens is 699 g/mol. The van der Waals surface area contributed by atoms with E-state index in [1.165, 1.54) is 148 Å². The van der Waals surface area contributed by atoms with Gasteiger partial charge in [0.1, 0.15) is 6.61 Å². The van der Waals surface area contributed by atoms with E-state index in [0.717, 1.165) is 51.4 Å². The fourth-order valence-corrected chi connectivity index (χ4v) is 7.44. The first kappa shape index (κ1) is 52.8. The lowest BCUT2D eigenvalue weighted by molar-refractivity contribution is -0.161. The molecule has 2 unspecified atom stereocenters. The minimum atomic E-state index is -4.28. The normalized spacial score (nSPS) is 13.3. The molecule has 0 saturated heterocycles. The molecule has 0 fully saturated rings. The molecular formula is C45H87O8P. The van der Waals surface area contributed by atoms with Gasteiger partial charge in [-0.3, -0.25) is 18.6 Å². The molecule has 0 rings (SSSR count). The summed E-state index contributed by atoms with van der Waals surface area (Å²) in [5.74, 6) is -0.795. The molecule has 0 bridgehead atoms. The second-order valence-corrected chi connectivity index (χ2v) is 16.9. The Morgan fingerprint density at radius 2 is 0.833 bits per heavy atom. The van der Waals surface area contributed by atoms with Gasteiger partial charge in [-0.2, -0.15) is 0 Å². The van der Waals surface area contributed by atoms with Crippen LogP contribution in [0.3, 0.4) is 0 Å². The summed E-state index contributed by atoms with van der Waals surface area (Å²) in [5, 5.41) is 0. The minimum Gasteiger partial charge on any atom is -0.462 e. The van der Waals surface area contributed by atoms with E-state index < -0.39 is 26.5 Å². The van der Waals surface area contributed by atoms with Gasteiger partial charge in [-0.05, 0) is 45.4 Å². The number of hydrogen-bond acceptors (Lipinski definition) is 7. The quantitative estimate of drug-likeness (QED) is 0.0282. The molecule has 0 aliphatic carbocycles. The van der Waals surface area contributed by atoms with Crippen molar-refractivity contribution in [2.75, 3.05) is 19.8 Å². The molecule has 54 heavy (non-hydrogen) atoms. The standard InChI is InChI=1S/C45H87O8P/c1-4-7-9-11-13-15-17-19-20-21-22-23-24-25-26-28-29-31-33-35-37-39-44(46)50-41-43(42-52-54(48,49)51-6-3)53-45(47)40-38-36-34-32-30-27-18-16-14-12-10-8-5-2/h16,18,43H,4-15,17,19-42H2,1-3H3,(H,48,49)/b18-16-. The molecule has 0 spiro atoms. The third kappa shape index (κ3) is 40.5. The summed E-state index contributed by atoms with van der Waals surface area (Å²) < 4.78 is 32.7. The zero-order chi connectivity index (χ0) is 39.6. The number of phosphoric acid groups is 1. The fourth-order valence-electron chi connectivity index (χ4n) is 6.68. The van der Waals surface area contributed by atoms with Crippen LogP contribution in [0.1, 0.15) is 239 Å². The van der Waals surface area contributed by atoms with E-state index in [9.17, 15) is 19.0 Å². The number of ether oxygens (including phenoxy) is 2. The monoisotopic (exact) mass is 787 g/mol. The number of unbranched alkanes of at least 4 members (excludes halogenated alkanes) is 29. The molecule has 0 aliphatic rings. The largest absolute Gasteiger partial charge is 0.472 e. The van der Waals surface area contributed by atoms with Gasteiger partial charge in [-0.1, -0.05) is 193 Å². The second kappa shape index (κ2) is 41.4. The van der Waals surface area contributed by atoms with Crippen LogP contribution in [0.15, 0.2) is 12.2 Å². The number of rotatable bonds is 43. The Hall–Kier alpha value is -1.21. The molecule has 0 aromatic heterocycles. The number of carbonyl (C=O) groups is 2. The summed E-state index contributed by atoms with van der Waals surface area (Å²) >= 11 is 0. The Labute approximate surface area is 333 Å². The van der Waals surface area contributed by atoms with E-state index in [2.05, 4.69) is 26.0 Å². The average molecular weight is 787 g/mol. The lowest BCUT2D eigenvalue weighted by Crippen LogP contribution is -2.29. The first-order chi connectivity index (χ1) is 26.3. The van der Waals surface area contributed by atoms with Crippen LogP contribution in [0.5, 0.6) is 0 Å². The van der Waals surface area contributed by atoms with E-state index in [0.29, 0.717) is 12.8 Å². The van der Waals surface area contributed by atoms with Crippen molar-refractivity contribution in [3.8, 4) is 0 Å². The maximum Gasteiger partial charge on any atom is 0.472 e. The van der Waals surface area contributed by atoms with E-state index in [1.807, 2.05) is 0 Å². The summed E-state index contributed by atoms with van der Waals surface area (Å²) in [4.78, 5) is 34.7. The predicted molar refractivity (Wildman–Crippen MR) is 226 cm³/mol. The summed E-state index contributed by atoms with van der Waals surface area (Å²) in [6.07, 6.45) is 44.2. The fraction of sp³-hybridized carbons (Fsp3) is 0.911. The van der Waals surface area contributed by atoms with Crippen LogP contribution in [0.25, 0.3) is 0 Å². The molecule has 8 nitrogen and oxygen atoms in total. The lowest BCUT2D eigenvalue weighted by Gasteiger charge is -2.19. The molecule has 0 radical (unpaired) electrons. The summed E-state index contributed by atoms with van der Waals surface area (Å²) in [6.45, 7) is 5.49. The topological polar surface area (TPSA) is 108 Å². The van der Waals surface area contributed by atoms with Crippen LogP contribution in [0, 0.1) is 0 Å². The molecule has 0 saturated carbocycles. The zero-order valence-electron chi connectivity index (χ0n) is 35.6. The van der Waals surface area contributed by atoms with Gasteiger partial charge in [-0.25, -0.2) is 4.57 Å². The maximum absolute atomic E-state index is 12.5. The van der Waals surface area contributed by atoms with Crippen LogP contribution >= 0.6 is 7.82 Å². The average Bonchev–Trinajstić information content (AvgIpc) is 3.15. The Morgan fingerprint density at radius 3 is 1.24 bits per heavy atom. The van der Waals surface area contributed by atoms with Gasteiger partial charge in [-0.15, -0.1) is 0 Å².